The third-order valence-electron chi connectivity index (χ3n) is 5.13. The van der Waals surface area contributed by atoms with Gasteiger partial charge in [0.2, 0.25) is 6.17 Å². The van der Waals surface area contributed by atoms with Crippen LogP contribution in [-0.4, -0.2) is 17.5 Å². The molecule has 0 aliphatic carbocycles. The van der Waals surface area contributed by atoms with Crippen LogP contribution in [0.1, 0.15) is 22.9 Å². The topological polar surface area (TPSA) is 36.8 Å². The van der Waals surface area contributed by atoms with Gasteiger partial charge in [0.05, 0.1) is 5.70 Å². The highest BCUT2D eigenvalue weighted by atomic mass is 79.9. The predicted octanol–water partition coefficient (Wildman–Crippen LogP) is 3.55. The molecule has 0 spiro atoms. The van der Waals surface area contributed by atoms with Crippen LogP contribution in [0.2, 0.25) is 0 Å². The number of nitrogens with one attached hydrogen (secondary N) is 2. The van der Waals surface area contributed by atoms with Crippen molar-refractivity contribution in [3.05, 3.63) is 113 Å². The molecule has 2 unspecified atom stereocenters. The molecule has 146 valence electrons. The van der Waals surface area contributed by atoms with E-state index in [4.69, 9.17) is 0 Å². The van der Waals surface area contributed by atoms with Crippen LogP contribution in [0.4, 0.5) is 0 Å². The number of rotatable bonds is 6. The fourth-order valence-corrected chi connectivity index (χ4v) is 3.99. The zero-order valence-corrected chi connectivity index (χ0v) is 17.6. The van der Waals surface area contributed by atoms with Crippen LogP contribution < -0.4 is 10.3 Å². The number of carbonyl (C=O) groups excluding carboxylic acids is 1. The van der Waals surface area contributed by atoms with Gasteiger partial charge in [0.15, 0.2) is 6.54 Å². The van der Waals surface area contributed by atoms with Crippen molar-refractivity contribution < 1.29 is 9.69 Å². The first-order chi connectivity index (χ1) is 14.1. The summed E-state index contributed by atoms with van der Waals surface area (Å²) in [5.74, 6) is 0.0564. The van der Waals surface area contributed by atoms with Crippen LogP contribution in [0.3, 0.4) is 0 Å². The zero-order chi connectivity index (χ0) is 20.2. The van der Waals surface area contributed by atoms with E-state index in [2.05, 4.69) is 52.2 Å². The van der Waals surface area contributed by atoms with Crippen molar-refractivity contribution in [2.75, 3.05) is 6.54 Å². The molecule has 1 heterocycles. The first kappa shape index (κ1) is 19.4. The van der Waals surface area contributed by atoms with Crippen LogP contribution in [0.15, 0.2) is 96.0 Å². The normalized spacial score (nSPS) is 18.7. The Kier molecular flexibility index (Phi) is 5.79. The van der Waals surface area contributed by atoms with E-state index in [0.29, 0.717) is 12.2 Å². The number of halogens is 1. The molecule has 2 N–H and O–H groups in total. The molecule has 0 aromatic heterocycles. The van der Waals surface area contributed by atoms with Crippen molar-refractivity contribution >= 4 is 27.5 Å². The Bertz CT molecular complexity index is 990. The maximum Gasteiger partial charge on any atom is 0.301 e. The van der Waals surface area contributed by atoms with Gasteiger partial charge < -0.3 is 0 Å². The van der Waals surface area contributed by atoms with Gasteiger partial charge in [-0.05, 0) is 29.8 Å². The van der Waals surface area contributed by atoms with Gasteiger partial charge in [0, 0.05) is 15.6 Å². The van der Waals surface area contributed by atoms with E-state index in [9.17, 15) is 4.79 Å². The van der Waals surface area contributed by atoms with Crippen LogP contribution in [0, 0.1) is 0 Å². The highest BCUT2D eigenvalue weighted by Crippen LogP contribution is 2.22. The molecular weight excluding hydrogens is 426 g/mol. The fourth-order valence-electron chi connectivity index (χ4n) is 3.73. The molecule has 0 bridgehead atoms. The summed E-state index contributed by atoms with van der Waals surface area (Å²) in [5.41, 5.74) is 7.25. The summed E-state index contributed by atoms with van der Waals surface area (Å²) in [6.07, 6.45) is -0.142. The van der Waals surface area contributed by atoms with Crippen molar-refractivity contribution in [1.29, 1.82) is 0 Å². The van der Waals surface area contributed by atoms with Crippen molar-refractivity contribution in [2.45, 2.75) is 12.7 Å². The number of hydrogen-bond donors (Lipinski definition) is 2. The molecule has 3 aromatic carbocycles. The SMILES string of the molecule is C=C(NN1C(=O)C[NH+](Cc2ccccc2)C1c1ccc(Br)cc1)c1ccccc1. The Hall–Kier alpha value is -2.89. The minimum absolute atomic E-state index is 0.0564. The summed E-state index contributed by atoms with van der Waals surface area (Å²) < 4.78 is 1.02. The second kappa shape index (κ2) is 8.64. The molecule has 1 fully saturated rings. The van der Waals surface area contributed by atoms with Gasteiger partial charge in [-0.25, -0.2) is 0 Å². The van der Waals surface area contributed by atoms with Crippen LogP contribution in [0.5, 0.6) is 0 Å². The van der Waals surface area contributed by atoms with Gasteiger partial charge in [-0.15, -0.1) is 0 Å². The summed E-state index contributed by atoms with van der Waals surface area (Å²) in [4.78, 5) is 14.2. The number of hydrazine groups is 1. The van der Waals surface area contributed by atoms with Crippen LogP contribution in [0.25, 0.3) is 5.70 Å². The Morgan fingerprint density at radius 1 is 1.00 bits per heavy atom. The molecule has 2 atom stereocenters. The van der Waals surface area contributed by atoms with Gasteiger partial charge in [0.1, 0.15) is 6.54 Å². The van der Waals surface area contributed by atoms with Crippen molar-refractivity contribution in [1.82, 2.24) is 10.4 Å². The van der Waals surface area contributed by atoms with E-state index in [1.165, 1.54) is 10.5 Å². The minimum Gasteiger partial charge on any atom is -0.298 e. The Balaban J connectivity index is 1.63. The number of quaternary nitrogens is 1. The lowest BCUT2D eigenvalue weighted by molar-refractivity contribution is -0.937. The lowest BCUT2D eigenvalue weighted by Crippen LogP contribution is -3.10. The van der Waals surface area contributed by atoms with Gasteiger partial charge in [-0.2, -0.15) is 5.01 Å². The number of benzene rings is 3. The smallest absolute Gasteiger partial charge is 0.298 e. The monoisotopic (exact) mass is 448 g/mol. The Morgan fingerprint density at radius 3 is 2.28 bits per heavy atom. The first-order valence-electron chi connectivity index (χ1n) is 9.59. The van der Waals surface area contributed by atoms with Crippen molar-refractivity contribution in [2.24, 2.45) is 0 Å². The van der Waals surface area contributed by atoms with E-state index in [-0.39, 0.29) is 12.1 Å². The Labute approximate surface area is 179 Å². The minimum atomic E-state index is -0.142. The molecule has 0 saturated carbocycles. The maximum atomic E-state index is 13.0. The summed E-state index contributed by atoms with van der Waals surface area (Å²) in [7, 11) is 0. The molecule has 1 aliphatic heterocycles. The highest BCUT2D eigenvalue weighted by Gasteiger charge is 2.43. The second-order valence-corrected chi connectivity index (χ2v) is 8.09. The van der Waals surface area contributed by atoms with Crippen molar-refractivity contribution in [3.8, 4) is 0 Å². The number of carbonyl (C=O) groups is 1. The molecular formula is C24H23BrN3O+. The third kappa shape index (κ3) is 4.42. The van der Waals surface area contributed by atoms with Crippen LogP contribution >= 0.6 is 15.9 Å². The summed E-state index contributed by atoms with van der Waals surface area (Å²) in [5, 5.41) is 1.73. The van der Waals surface area contributed by atoms with E-state index in [1.54, 1.807) is 5.01 Å². The van der Waals surface area contributed by atoms with E-state index >= 15 is 0 Å². The summed E-state index contributed by atoms with van der Waals surface area (Å²) in [6, 6.07) is 28.3. The number of nitrogens with zero attached hydrogens (tertiary/aromatic N) is 1. The zero-order valence-electron chi connectivity index (χ0n) is 16.0. The lowest BCUT2D eigenvalue weighted by atomic mass is 10.1. The van der Waals surface area contributed by atoms with E-state index < -0.39 is 0 Å². The molecule has 1 amide bonds. The van der Waals surface area contributed by atoms with E-state index in [1.807, 2.05) is 60.7 Å². The molecule has 5 heteroatoms. The largest absolute Gasteiger partial charge is 0.301 e. The second-order valence-electron chi connectivity index (χ2n) is 7.17. The highest BCUT2D eigenvalue weighted by molar-refractivity contribution is 9.10. The standard InChI is InChI=1S/C24H22BrN3O/c1-18(20-10-6-3-7-11-20)26-28-23(29)17-27(16-19-8-4-2-5-9-19)24(28)21-12-14-22(25)15-13-21/h2-15,24,26H,1,16-17H2/p+1. The summed E-state index contributed by atoms with van der Waals surface area (Å²) >= 11 is 3.50. The Morgan fingerprint density at radius 2 is 1.62 bits per heavy atom. The molecule has 0 radical (unpaired) electrons. The molecule has 1 saturated heterocycles. The fraction of sp³-hybridized carbons (Fsp3) is 0.125. The number of amides is 1. The third-order valence-corrected chi connectivity index (χ3v) is 5.66. The summed E-state index contributed by atoms with van der Waals surface area (Å²) in [6.45, 7) is 5.34. The van der Waals surface area contributed by atoms with E-state index in [0.717, 1.165) is 22.1 Å². The van der Waals surface area contributed by atoms with Gasteiger partial charge >= 0.3 is 5.91 Å². The quantitative estimate of drug-likeness (QED) is 0.604. The first-order valence-corrected chi connectivity index (χ1v) is 10.4. The molecule has 3 aromatic rings. The van der Waals surface area contributed by atoms with Crippen LogP contribution in [-0.2, 0) is 11.3 Å². The average Bonchev–Trinajstić information content (AvgIpc) is 3.04. The lowest BCUT2D eigenvalue weighted by Gasteiger charge is -2.28. The molecule has 29 heavy (non-hydrogen) atoms. The van der Waals surface area contributed by atoms with Crippen molar-refractivity contribution in [3.63, 3.8) is 0 Å². The maximum absolute atomic E-state index is 13.0. The number of hydrogen-bond acceptors (Lipinski definition) is 2. The van der Waals surface area contributed by atoms with Gasteiger partial charge in [-0.1, -0.05) is 83.2 Å². The molecule has 4 rings (SSSR count). The predicted molar refractivity (Wildman–Crippen MR) is 118 cm³/mol. The molecule has 4 nitrogen and oxygen atoms in total. The average molecular weight is 449 g/mol. The van der Waals surface area contributed by atoms with Gasteiger partial charge in [0.25, 0.3) is 0 Å². The van der Waals surface area contributed by atoms with Gasteiger partial charge in [-0.3, -0.25) is 15.1 Å². The molecule has 1 aliphatic rings.